The highest BCUT2D eigenvalue weighted by Gasteiger charge is 2.50. The van der Waals surface area contributed by atoms with Crippen LogP contribution in [0.5, 0.6) is 0 Å². The number of benzene rings is 1. The van der Waals surface area contributed by atoms with Crippen molar-refractivity contribution in [3.63, 3.8) is 0 Å². The number of anilines is 1. The highest BCUT2D eigenvalue weighted by atomic mass is 19.1. The van der Waals surface area contributed by atoms with Crippen molar-refractivity contribution in [2.45, 2.75) is 43.4 Å². The molecule has 3 fully saturated rings. The van der Waals surface area contributed by atoms with Gasteiger partial charge in [-0.25, -0.2) is 13.6 Å². The number of alkyl halides is 1. The number of carboxylic acids is 1. The summed E-state index contributed by atoms with van der Waals surface area (Å²) in [5.41, 5.74) is -1.20. The van der Waals surface area contributed by atoms with Crippen molar-refractivity contribution in [3.05, 3.63) is 39.4 Å². The predicted octanol–water partition coefficient (Wildman–Crippen LogP) is 2.57. The lowest BCUT2D eigenvalue weighted by Crippen LogP contribution is -2.37. The van der Waals surface area contributed by atoms with Crippen molar-refractivity contribution >= 4 is 22.6 Å². The monoisotopic (exact) mass is 428 g/mol. The summed E-state index contributed by atoms with van der Waals surface area (Å²) in [6.07, 6.45) is 3.02. The van der Waals surface area contributed by atoms with E-state index < -0.39 is 35.0 Å². The summed E-state index contributed by atoms with van der Waals surface area (Å²) in [7, 11) is 1.93. The zero-order valence-electron chi connectivity index (χ0n) is 17.0. The Balaban J connectivity index is 1.70. The first kappa shape index (κ1) is 19.9. The van der Waals surface area contributed by atoms with E-state index in [2.05, 4.69) is 5.32 Å². The Labute approximate surface area is 176 Å². The van der Waals surface area contributed by atoms with E-state index in [-0.39, 0.29) is 34.1 Å². The fourth-order valence-electron chi connectivity index (χ4n) is 5.16. The Morgan fingerprint density at radius 2 is 2.13 bits per heavy atom. The van der Waals surface area contributed by atoms with Crippen LogP contribution in [0.3, 0.4) is 0 Å². The van der Waals surface area contributed by atoms with Crippen LogP contribution in [0.15, 0.2) is 17.1 Å². The van der Waals surface area contributed by atoms with Gasteiger partial charge in [0.25, 0.3) is 0 Å². The van der Waals surface area contributed by atoms with E-state index in [1.165, 1.54) is 4.57 Å². The van der Waals surface area contributed by atoms with E-state index in [4.69, 9.17) is 0 Å². The maximum absolute atomic E-state index is 15.3. The van der Waals surface area contributed by atoms with Gasteiger partial charge in [-0.05, 0) is 38.3 Å². The Morgan fingerprint density at radius 1 is 1.42 bits per heavy atom. The molecule has 2 heterocycles. The number of rotatable bonds is 5. The van der Waals surface area contributed by atoms with E-state index in [0.29, 0.717) is 19.0 Å². The van der Waals surface area contributed by atoms with Gasteiger partial charge in [0.15, 0.2) is 0 Å². The van der Waals surface area contributed by atoms with Crippen molar-refractivity contribution in [2.24, 2.45) is 5.92 Å². The molecule has 0 amide bonds. The van der Waals surface area contributed by atoms with Gasteiger partial charge in [-0.2, -0.15) is 5.26 Å². The number of nitriles is 1. The predicted molar refractivity (Wildman–Crippen MR) is 110 cm³/mol. The van der Waals surface area contributed by atoms with Crippen molar-refractivity contribution in [2.75, 3.05) is 25.0 Å². The number of aromatic carboxylic acids is 1. The van der Waals surface area contributed by atoms with Crippen LogP contribution in [-0.4, -0.2) is 47.5 Å². The van der Waals surface area contributed by atoms with Crippen LogP contribution in [0, 0.1) is 23.1 Å². The second-order valence-corrected chi connectivity index (χ2v) is 8.83. The maximum atomic E-state index is 15.3. The van der Waals surface area contributed by atoms with Gasteiger partial charge in [0.2, 0.25) is 5.43 Å². The lowest BCUT2D eigenvalue weighted by molar-refractivity contribution is 0.0694. The number of aromatic nitrogens is 1. The van der Waals surface area contributed by atoms with Crippen molar-refractivity contribution in [1.82, 2.24) is 9.88 Å². The molecule has 3 atom stereocenters. The second kappa shape index (κ2) is 6.76. The molecule has 9 heteroatoms. The van der Waals surface area contributed by atoms with Gasteiger partial charge in [0, 0.05) is 31.2 Å². The van der Waals surface area contributed by atoms with Gasteiger partial charge >= 0.3 is 5.97 Å². The average molecular weight is 428 g/mol. The molecule has 1 aliphatic heterocycles. The number of hydrogen-bond acceptors (Lipinski definition) is 5. The van der Waals surface area contributed by atoms with Crippen LogP contribution in [0.4, 0.5) is 14.5 Å². The molecule has 1 aromatic carbocycles. The smallest absolute Gasteiger partial charge is 0.341 e. The third-order valence-corrected chi connectivity index (χ3v) is 7.19. The third-order valence-electron chi connectivity index (χ3n) is 7.19. The molecule has 1 aromatic heterocycles. The van der Waals surface area contributed by atoms with E-state index in [0.717, 1.165) is 31.5 Å². The van der Waals surface area contributed by atoms with Crippen LogP contribution >= 0.6 is 0 Å². The van der Waals surface area contributed by atoms with Gasteiger partial charge in [0.05, 0.1) is 22.6 Å². The Morgan fingerprint density at radius 3 is 2.68 bits per heavy atom. The lowest BCUT2D eigenvalue weighted by Gasteiger charge is -2.25. The molecule has 3 aliphatic rings. The lowest BCUT2D eigenvalue weighted by atomic mass is 9.96. The first-order valence-electron chi connectivity index (χ1n) is 10.4. The SMILES string of the molecule is CNC1(C2CCN(c3c(F)cc4c(=O)c(C(=O)O)cn(C5C[C@@H]5F)c4c3C#N)C2)CC1. The summed E-state index contributed by atoms with van der Waals surface area (Å²) in [6.45, 7) is 1.14. The first-order valence-corrected chi connectivity index (χ1v) is 10.4. The fraction of sp³-hybridized carbons (Fsp3) is 0.500. The summed E-state index contributed by atoms with van der Waals surface area (Å²) < 4.78 is 30.6. The summed E-state index contributed by atoms with van der Waals surface area (Å²) >= 11 is 0. The normalized spacial score (nSPS) is 26.1. The Bertz CT molecular complexity index is 1210. The van der Waals surface area contributed by atoms with Crippen LogP contribution in [-0.2, 0) is 0 Å². The molecule has 0 radical (unpaired) electrons. The number of nitrogens with one attached hydrogen (secondary N) is 1. The topological polar surface area (TPSA) is 98.4 Å². The summed E-state index contributed by atoms with van der Waals surface area (Å²) in [4.78, 5) is 26.1. The van der Waals surface area contributed by atoms with Gasteiger partial charge in [-0.15, -0.1) is 0 Å². The van der Waals surface area contributed by atoms with Crippen LogP contribution in [0.2, 0.25) is 0 Å². The molecule has 31 heavy (non-hydrogen) atoms. The molecular weight excluding hydrogens is 406 g/mol. The van der Waals surface area contributed by atoms with E-state index in [1.54, 1.807) is 0 Å². The minimum absolute atomic E-state index is 0.0434. The zero-order chi connectivity index (χ0) is 22.1. The van der Waals surface area contributed by atoms with E-state index in [9.17, 15) is 24.3 Å². The number of nitrogens with zero attached hydrogens (tertiary/aromatic N) is 3. The van der Waals surface area contributed by atoms with Gasteiger partial charge < -0.3 is 19.9 Å². The molecule has 2 aromatic rings. The summed E-state index contributed by atoms with van der Waals surface area (Å²) in [5, 5.41) is 22.5. The summed E-state index contributed by atoms with van der Waals surface area (Å²) in [6, 6.07) is 2.36. The molecule has 2 N–H and O–H groups in total. The van der Waals surface area contributed by atoms with Crippen molar-refractivity contribution < 1.29 is 18.7 Å². The number of carbonyl (C=O) groups is 1. The second-order valence-electron chi connectivity index (χ2n) is 8.83. The van der Waals surface area contributed by atoms with Gasteiger partial charge in [0.1, 0.15) is 29.2 Å². The average Bonchev–Trinajstić information content (AvgIpc) is 3.64. The van der Waals surface area contributed by atoms with Crippen LogP contribution in [0.25, 0.3) is 10.9 Å². The molecule has 2 aliphatic carbocycles. The number of carboxylic acid groups (broad SMARTS) is 1. The molecule has 162 valence electrons. The molecule has 5 rings (SSSR count). The number of hydrogen-bond donors (Lipinski definition) is 2. The van der Waals surface area contributed by atoms with Crippen LogP contribution in [0.1, 0.15) is 47.6 Å². The largest absolute Gasteiger partial charge is 0.477 e. The highest BCUT2D eigenvalue weighted by Crippen LogP contribution is 2.48. The molecule has 1 saturated heterocycles. The van der Waals surface area contributed by atoms with E-state index in [1.807, 2.05) is 18.0 Å². The van der Waals surface area contributed by atoms with E-state index >= 15 is 4.39 Å². The quantitative estimate of drug-likeness (QED) is 0.760. The minimum Gasteiger partial charge on any atom is -0.477 e. The Kier molecular flexibility index (Phi) is 4.35. The first-order chi connectivity index (χ1) is 14.8. The molecule has 2 unspecified atom stereocenters. The fourth-order valence-corrected chi connectivity index (χ4v) is 5.16. The molecule has 0 bridgehead atoms. The van der Waals surface area contributed by atoms with Crippen molar-refractivity contribution in [3.8, 4) is 6.07 Å². The minimum atomic E-state index is -1.47. The van der Waals surface area contributed by atoms with Crippen LogP contribution < -0.4 is 15.6 Å². The standard InChI is InChI=1S/C22H22F2N4O3/c1-26-22(3-4-22)11-2-5-27(9-11)19-13(8-25)18-12(6-16(19)24)20(29)14(21(30)31)10-28(18)17-7-15(17)23/h6,10-11,15,17,26H,2-5,7,9H2,1H3,(H,30,31)/t11?,15-,17?/m0/s1. The van der Waals surface area contributed by atoms with Crippen molar-refractivity contribution in [1.29, 1.82) is 5.26 Å². The maximum Gasteiger partial charge on any atom is 0.341 e. The number of fused-ring (bicyclic) bond motifs is 1. The number of halogens is 2. The Hall–Kier alpha value is -2.99. The molecule has 7 nitrogen and oxygen atoms in total. The summed E-state index contributed by atoms with van der Waals surface area (Å²) in [5.74, 6) is -1.89. The molecular formula is C22H22F2N4O3. The third kappa shape index (κ3) is 2.92. The van der Waals surface area contributed by atoms with Gasteiger partial charge in [-0.1, -0.05) is 0 Å². The van der Waals surface area contributed by atoms with Gasteiger partial charge in [-0.3, -0.25) is 4.79 Å². The highest BCUT2D eigenvalue weighted by molar-refractivity contribution is 5.96. The molecule has 0 spiro atoms. The number of pyridine rings is 1. The zero-order valence-corrected chi connectivity index (χ0v) is 17.0. The molecule has 2 saturated carbocycles.